The Kier molecular flexibility index (Phi) is 4.50. The molecule has 0 aromatic carbocycles. The highest BCUT2D eigenvalue weighted by molar-refractivity contribution is 9.10. The Morgan fingerprint density at radius 1 is 1.38 bits per heavy atom. The van der Waals surface area contributed by atoms with Crippen LogP contribution >= 0.6 is 15.9 Å². The molecule has 0 unspecified atom stereocenters. The summed E-state index contributed by atoms with van der Waals surface area (Å²) in [5.74, 6) is 2.25. The second-order valence-electron chi connectivity index (χ2n) is 5.33. The molecule has 3 heterocycles. The number of piperidine rings is 1. The number of halogens is 1. The molecule has 0 radical (unpaired) electrons. The van der Waals surface area contributed by atoms with Gasteiger partial charge in [-0.25, -0.2) is 0 Å². The van der Waals surface area contributed by atoms with Gasteiger partial charge in [0.15, 0.2) is 5.82 Å². The van der Waals surface area contributed by atoms with Crippen LogP contribution in [-0.2, 0) is 0 Å². The molecule has 0 atom stereocenters. The fraction of sp³-hybridized carbons (Fsp3) is 0.500. The molecule has 3 rings (SSSR count). The van der Waals surface area contributed by atoms with Crippen molar-refractivity contribution in [2.75, 3.05) is 31.6 Å². The first kappa shape index (κ1) is 14.5. The maximum atomic E-state index is 4.57. The summed E-state index contributed by atoms with van der Waals surface area (Å²) in [4.78, 5) is 11.1. The van der Waals surface area contributed by atoms with Gasteiger partial charge in [0.05, 0.1) is 0 Å². The number of anilines is 1. The SMILES string of the molecule is CNCC1CCN(c2n[nH]c(-c3ccc(Br)cn3)n2)CC1. The lowest BCUT2D eigenvalue weighted by Gasteiger charge is -2.30. The molecule has 0 amide bonds. The summed E-state index contributed by atoms with van der Waals surface area (Å²) in [6, 6.07) is 3.88. The average molecular weight is 351 g/mol. The molecule has 1 aliphatic rings. The van der Waals surface area contributed by atoms with Crippen molar-refractivity contribution in [2.24, 2.45) is 5.92 Å². The summed E-state index contributed by atoms with van der Waals surface area (Å²) in [5, 5.41) is 10.6. The number of hydrogen-bond donors (Lipinski definition) is 2. The number of nitrogens with one attached hydrogen (secondary N) is 2. The van der Waals surface area contributed by atoms with Gasteiger partial charge < -0.3 is 10.2 Å². The van der Waals surface area contributed by atoms with Crippen molar-refractivity contribution >= 4 is 21.9 Å². The molecule has 1 aliphatic heterocycles. The number of H-pyrrole nitrogens is 1. The van der Waals surface area contributed by atoms with Gasteiger partial charge in [0.2, 0.25) is 5.95 Å². The molecule has 1 fully saturated rings. The largest absolute Gasteiger partial charge is 0.340 e. The van der Waals surface area contributed by atoms with Gasteiger partial charge >= 0.3 is 0 Å². The number of aromatic nitrogens is 4. The topological polar surface area (TPSA) is 69.7 Å². The fourth-order valence-corrected chi connectivity index (χ4v) is 2.89. The third kappa shape index (κ3) is 3.41. The molecular weight excluding hydrogens is 332 g/mol. The van der Waals surface area contributed by atoms with Gasteiger partial charge in [-0.15, -0.1) is 5.10 Å². The highest BCUT2D eigenvalue weighted by Gasteiger charge is 2.21. The fourth-order valence-electron chi connectivity index (χ4n) is 2.65. The molecule has 21 heavy (non-hydrogen) atoms. The molecule has 2 aromatic rings. The normalized spacial score (nSPS) is 16.4. The van der Waals surface area contributed by atoms with Crippen molar-refractivity contribution in [3.63, 3.8) is 0 Å². The van der Waals surface area contributed by atoms with Crippen molar-refractivity contribution < 1.29 is 0 Å². The maximum absolute atomic E-state index is 4.57. The number of nitrogens with zero attached hydrogens (tertiary/aromatic N) is 4. The summed E-state index contributed by atoms with van der Waals surface area (Å²) in [6.07, 6.45) is 4.13. The quantitative estimate of drug-likeness (QED) is 0.883. The van der Waals surface area contributed by atoms with Gasteiger partial charge in [-0.3, -0.25) is 10.1 Å². The van der Waals surface area contributed by atoms with E-state index in [4.69, 9.17) is 0 Å². The summed E-state index contributed by atoms with van der Waals surface area (Å²) in [5.41, 5.74) is 0.807. The van der Waals surface area contributed by atoms with Crippen molar-refractivity contribution in [2.45, 2.75) is 12.8 Å². The van der Waals surface area contributed by atoms with Gasteiger partial charge in [0, 0.05) is 23.8 Å². The summed E-state index contributed by atoms with van der Waals surface area (Å²) in [7, 11) is 2.01. The smallest absolute Gasteiger partial charge is 0.245 e. The monoisotopic (exact) mass is 350 g/mol. The zero-order valence-electron chi connectivity index (χ0n) is 12.0. The van der Waals surface area contributed by atoms with Crippen LogP contribution in [0.3, 0.4) is 0 Å². The zero-order valence-corrected chi connectivity index (χ0v) is 13.6. The first-order valence-electron chi connectivity index (χ1n) is 7.20. The van der Waals surface area contributed by atoms with Crippen LogP contribution in [0.5, 0.6) is 0 Å². The van der Waals surface area contributed by atoms with Gasteiger partial charge in [-0.05, 0) is 60.4 Å². The van der Waals surface area contributed by atoms with Gasteiger partial charge in [-0.2, -0.15) is 4.98 Å². The molecule has 0 aliphatic carbocycles. The molecule has 112 valence electrons. The minimum absolute atomic E-state index is 0.717. The van der Waals surface area contributed by atoms with E-state index in [0.717, 1.165) is 47.5 Å². The Morgan fingerprint density at radius 2 is 2.19 bits per heavy atom. The molecule has 7 heteroatoms. The minimum atomic E-state index is 0.717. The van der Waals surface area contributed by atoms with E-state index in [1.807, 2.05) is 19.2 Å². The Balaban J connectivity index is 1.67. The molecule has 1 saturated heterocycles. The van der Waals surface area contributed by atoms with Crippen LogP contribution < -0.4 is 10.2 Å². The Morgan fingerprint density at radius 3 is 2.86 bits per heavy atom. The first-order valence-corrected chi connectivity index (χ1v) is 7.99. The predicted octanol–water partition coefficient (Wildman–Crippen LogP) is 2.06. The molecule has 0 bridgehead atoms. The van der Waals surface area contributed by atoms with Crippen LogP contribution in [0.4, 0.5) is 5.95 Å². The van der Waals surface area contributed by atoms with Gasteiger partial charge in [-0.1, -0.05) is 0 Å². The molecular formula is C14H19BrN6. The molecule has 0 saturated carbocycles. The molecule has 2 aromatic heterocycles. The van der Waals surface area contributed by atoms with Crippen molar-refractivity contribution in [3.8, 4) is 11.5 Å². The van der Waals surface area contributed by atoms with Gasteiger partial charge in [0.1, 0.15) is 5.69 Å². The Hall–Kier alpha value is -1.47. The van der Waals surface area contributed by atoms with E-state index in [2.05, 4.69) is 46.3 Å². The third-order valence-electron chi connectivity index (χ3n) is 3.83. The molecule has 2 N–H and O–H groups in total. The number of pyridine rings is 1. The van der Waals surface area contributed by atoms with Crippen LogP contribution in [-0.4, -0.2) is 46.8 Å². The van der Waals surface area contributed by atoms with Crippen LogP contribution in [0, 0.1) is 5.92 Å². The van der Waals surface area contributed by atoms with Crippen LogP contribution in [0.2, 0.25) is 0 Å². The number of hydrogen-bond acceptors (Lipinski definition) is 5. The second-order valence-corrected chi connectivity index (χ2v) is 6.25. The maximum Gasteiger partial charge on any atom is 0.245 e. The van der Waals surface area contributed by atoms with Crippen molar-refractivity contribution in [3.05, 3.63) is 22.8 Å². The predicted molar refractivity (Wildman–Crippen MR) is 86.2 cm³/mol. The van der Waals surface area contributed by atoms with E-state index < -0.39 is 0 Å². The number of rotatable bonds is 4. The summed E-state index contributed by atoms with van der Waals surface area (Å²) < 4.78 is 0.956. The lowest BCUT2D eigenvalue weighted by Crippen LogP contribution is -2.37. The highest BCUT2D eigenvalue weighted by Crippen LogP contribution is 2.22. The average Bonchev–Trinajstić information content (AvgIpc) is 2.99. The van der Waals surface area contributed by atoms with Crippen LogP contribution in [0.1, 0.15) is 12.8 Å². The van der Waals surface area contributed by atoms with Crippen molar-refractivity contribution in [1.82, 2.24) is 25.5 Å². The second kappa shape index (κ2) is 6.53. The molecule has 0 spiro atoms. The molecule has 6 nitrogen and oxygen atoms in total. The minimum Gasteiger partial charge on any atom is -0.340 e. The van der Waals surface area contributed by atoms with E-state index >= 15 is 0 Å². The highest BCUT2D eigenvalue weighted by atomic mass is 79.9. The standard InChI is InChI=1S/C14H19BrN6/c1-16-8-10-4-6-21(7-5-10)14-18-13(19-20-14)12-3-2-11(15)9-17-12/h2-3,9-10,16H,4-8H2,1H3,(H,18,19,20). The van der Waals surface area contributed by atoms with E-state index in [0.29, 0.717) is 0 Å². The van der Waals surface area contributed by atoms with Crippen LogP contribution in [0.25, 0.3) is 11.5 Å². The third-order valence-corrected chi connectivity index (χ3v) is 4.30. The van der Waals surface area contributed by atoms with E-state index in [-0.39, 0.29) is 0 Å². The van der Waals surface area contributed by atoms with Crippen molar-refractivity contribution in [1.29, 1.82) is 0 Å². The van der Waals surface area contributed by atoms with E-state index in [9.17, 15) is 0 Å². The number of aromatic amines is 1. The van der Waals surface area contributed by atoms with Gasteiger partial charge in [0.25, 0.3) is 0 Å². The lowest BCUT2D eigenvalue weighted by atomic mass is 9.97. The zero-order chi connectivity index (χ0) is 14.7. The Labute approximate surface area is 132 Å². The summed E-state index contributed by atoms with van der Waals surface area (Å²) >= 11 is 3.38. The summed E-state index contributed by atoms with van der Waals surface area (Å²) in [6.45, 7) is 3.12. The van der Waals surface area contributed by atoms with Crippen LogP contribution in [0.15, 0.2) is 22.8 Å². The lowest BCUT2D eigenvalue weighted by molar-refractivity contribution is 0.391. The van der Waals surface area contributed by atoms with E-state index in [1.54, 1.807) is 6.20 Å². The first-order chi connectivity index (χ1) is 10.3. The Bertz CT molecular complexity index is 573. The van der Waals surface area contributed by atoms with E-state index in [1.165, 1.54) is 12.8 Å².